The molecule has 13 heavy (non-hydrogen) atoms. The van der Waals surface area contributed by atoms with Crippen LogP contribution in [0, 0.1) is 0 Å². The van der Waals surface area contributed by atoms with Crippen LogP contribution in [0.15, 0.2) is 21.9 Å². The van der Waals surface area contributed by atoms with Gasteiger partial charge in [0.25, 0.3) is 5.56 Å². The Labute approximate surface area is 78.9 Å². The number of H-pyrrole nitrogens is 1. The van der Waals surface area contributed by atoms with Crippen LogP contribution in [0.4, 0.5) is 0 Å². The van der Waals surface area contributed by atoms with Crippen LogP contribution in [0.25, 0.3) is 0 Å². The number of rotatable bonds is 4. The molecule has 1 N–H and O–H groups in total. The Hall–Kier alpha value is -1.17. The second-order valence-electron chi connectivity index (χ2n) is 2.31. The van der Waals surface area contributed by atoms with Crippen molar-refractivity contribution >= 4 is 12.0 Å². The summed E-state index contributed by atoms with van der Waals surface area (Å²) in [5, 5.41) is 0. The van der Waals surface area contributed by atoms with Crippen molar-refractivity contribution in [3.05, 3.63) is 33.1 Å². The fraction of sp³-hybridized carbons (Fsp3) is 0.429. The normalized spacial score (nSPS) is 9.92. The number of aromatic nitrogens is 2. The summed E-state index contributed by atoms with van der Waals surface area (Å²) in [7, 11) is 0. The molecule has 0 unspecified atom stereocenters. The fourth-order valence-corrected chi connectivity index (χ4v) is 1.14. The monoisotopic (exact) mass is 202 g/mol. The molecule has 0 aliphatic carbocycles. The van der Waals surface area contributed by atoms with Crippen LogP contribution in [0.2, 0.25) is 0 Å². The Morgan fingerprint density at radius 1 is 1.62 bits per heavy atom. The maximum absolute atomic E-state index is 11.0. The minimum Gasteiger partial charge on any atom is -0.333 e. The van der Waals surface area contributed by atoms with Gasteiger partial charge in [-0.05, 0) is 6.42 Å². The first-order valence-electron chi connectivity index (χ1n) is 3.86. The Bertz CT molecular complexity index is 342. The Balaban J connectivity index is 2.76. The molecule has 5 nitrogen and oxygen atoms in total. The summed E-state index contributed by atoms with van der Waals surface area (Å²) >= 11 is 1.08. The molecule has 1 aromatic heterocycles. The van der Waals surface area contributed by atoms with Gasteiger partial charge in [-0.15, -0.1) is 0 Å². The van der Waals surface area contributed by atoms with Gasteiger partial charge in [0.2, 0.25) is 0 Å². The number of hydrogen-bond donors (Lipinski definition) is 1. The van der Waals surface area contributed by atoms with Crippen LogP contribution in [-0.2, 0) is 0 Å². The quantitative estimate of drug-likeness (QED) is 0.552. The fourth-order valence-electron chi connectivity index (χ4n) is 0.655. The third kappa shape index (κ3) is 2.66. The van der Waals surface area contributed by atoms with E-state index >= 15 is 0 Å². The number of hydrogen-bond acceptors (Lipinski definition) is 4. The van der Waals surface area contributed by atoms with Gasteiger partial charge in [-0.3, -0.25) is 4.79 Å². The van der Waals surface area contributed by atoms with Gasteiger partial charge in [0.05, 0.1) is 12.0 Å². The van der Waals surface area contributed by atoms with Crippen LogP contribution < -0.4 is 15.5 Å². The third-order valence-electron chi connectivity index (χ3n) is 1.23. The van der Waals surface area contributed by atoms with Crippen molar-refractivity contribution < 1.29 is 4.28 Å². The molecule has 0 radical (unpaired) electrons. The molecule has 0 aliphatic heterocycles. The molecule has 1 aromatic rings. The van der Waals surface area contributed by atoms with E-state index in [4.69, 9.17) is 4.28 Å². The van der Waals surface area contributed by atoms with Crippen LogP contribution in [-0.4, -0.2) is 15.5 Å². The molecule has 0 atom stereocenters. The topological polar surface area (TPSA) is 64.1 Å². The molecule has 0 saturated carbocycles. The van der Waals surface area contributed by atoms with Gasteiger partial charge in [-0.25, -0.2) is 4.79 Å². The molecule has 0 aromatic carbocycles. The summed E-state index contributed by atoms with van der Waals surface area (Å²) in [5.74, 6) is 0.737. The van der Waals surface area contributed by atoms with Gasteiger partial charge in [0.15, 0.2) is 0 Å². The Morgan fingerprint density at radius 2 is 2.38 bits per heavy atom. The molecule has 1 rings (SSSR count). The number of aromatic amines is 1. The van der Waals surface area contributed by atoms with Gasteiger partial charge in [0, 0.05) is 18.0 Å². The van der Waals surface area contributed by atoms with E-state index < -0.39 is 11.2 Å². The second kappa shape index (κ2) is 4.76. The van der Waals surface area contributed by atoms with E-state index in [0.717, 1.165) is 24.2 Å². The third-order valence-corrected chi connectivity index (χ3v) is 2.06. The summed E-state index contributed by atoms with van der Waals surface area (Å²) in [6.45, 7) is 1.98. The number of nitrogens with zero attached hydrogens (tertiary/aromatic N) is 1. The average molecular weight is 202 g/mol. The van der Waals surface area contributed by atoms with Gasteiger partial charge in [-0.1, -0.05) is 11.7 Å². The minimum absolute atomic E-state index is 0.465. The van der Waals surface area contributed by atoms with E-state index in [1.54, 1.807) is 0 Å². The highest BCUT2D eigenvalue weighted by atomic mass is 32.2. The predicted octanol–water partition coefficient (Wildman–Crippen LogP) is 0.0234. The van der Waals surface area contributed by atoms with Crippen LogP contribution in [0.5, 0.6) is 0 Å². The van der Waals surface area contributed by atoms with Crippen molar-refractivity contribution in [2.75, 3.05) is 5.75 Å². The van der Waals surface area contributed by atoms with Crippen LogP contribution >= 0.6 is 12.0 Å². The van der Waals surface area contributed by atoms with E-state index in [-0.39, 0.29) is 0 Å². The summed E-state index contributed by atoms with van der Waals surface area (Å²) in [5.41, 5.74) is -1.02. The summed E-state index contributed by atoms with van der Waals surface area (Å²) in [6.07, 6.45) is 2.21. The largest absolute Gasteiger partial charge is 0.363 e. The zero-order chi connectivity index (χ0) is 9.68. The lowest BCUT2D eigenvalue weighted by atomic mass is 10.6. The van der Waals surface area contributed by atoms with Gasteiger partial charge in [0.1, 0.15) is 0 Å². The molecule has 72 valence electrons. The van der Waals surface area contributed by atoms with Gasteiger partial charge in [-0.2, -0.15) is 0 Å². The minimum atomic E-state index is -0.559. The van der Waals surface area contributed by atoms with E-state index in [9.17, 15) is 9.59 Å². The van der Waals surface area contributed by atoms with Gasteiger partial charge < -0.3 is 9.27 Å². The molecule has 1 heterocycles. The van der Waals surface area contributed by atoms with Gasteiger partial charge >= 0.3 is 5.69 Å². The molecular weight excluding hydrogens is 192 g/mol. The van der Waals surface area contributed by atoms with E-state index in [0.29, 0.717) is 4.73 Å². The first-order valence-corrected chi connectivity index (χ1v) is 4.77. The molecule has 0 fully saturated rings. The van der Waals surface area contributed by atoms with Crippen molar-refractivity contribution in [1.82, 2.24) is 9.71 Å². The highest BCUT2D eigenvalue weighted by Crippen LogP contribution is 1.96. The summed E-state index contributed by atoms with van der Waals surface area (Å²) in [6, 6.07) is 1.23. The van der Waals surface area contributed by atoms with Crippen LogP contribution in [0.1, 0.15) is 13.3 Å². The Kier molecular flexibility index (Phi) is 3.63. The highest BCUT2D eigenvalue weighted by molar-refractivity contribution is 7.94. The van der Waals surface area contributed by atoms with Crippen molar-refractivity contribution in [1.29, 1.82) is 0 Å². The maximum Gasteiger partial charge on any atom is 0.363 e. The lowest BCUT2D eigenvalue weighted by Crippen LogP contribution is -2.36. The van der Waals surface area contributed by atoms with E-state index in [2.05, 4.69) is 4.98 Å². The molecule has 0 spiro atoms. The summed E-state index contributed by atoms with van der Waals surface area (Å²) in [4.78, 5) is 24.4. The van der Waals surface area contributed by atoms with Crippen LogP contribution in [0.3, 0.4) is 0 Å². The summed E-state index contributed by atoms with van der Waals surface area (Å²) < 4.78 is 5.58. The Morgan fingerprint density at radius 3 is 3.00 bits per heavy atom. The van der Waals surface area contributed by atoms with E-state index in [1.165, 1.54) is 12.3 Å². The molecule has 6 heteroatoms. The molecular formula is C7H10N2O3S. The first-order chi connectivity index (χ1) is 6.25. The second-order valence-corrected chi connectivity index (χ2v) is 3.10. The SMILES string of the molecule is CCCSOn1c(=O)cc[nH]c1=O. The average Bonchev–Trinajstić information content (AvgIpc) is 2.10. The maximum atomic E-state index is 11.0. The van der Waals surface area contributed by atoms with Crippen molar-refractivity contribution in [2.45, 2.75) is 13.3 Å². The van der Waals surface area contributed by atoms with Crippen molar-refractivity contribution in [3.8, 4) is 0 Å². The van der Waals surface area contributed by atoms with Crippen molar-refractivity contribution in [3.63, 3.8) is 0 Å². The zero-order valence-corrected chi connectivity index (χ0v) is 7.97. The lowest BCUT2D eigenvalue weighted by Gasteiger charge is -2.01. The molecule has 0 saturated heterocycles. The molecule has 0 amide bonds. The standard InChI is InChI=1S/C7H10N2O3S/c1-2-5-13-12-9-6(10)3-4-8-7(9)11/h3-4H,2,5H2,1H3,(H,8,11). The van der Waals surface area contributed by atoms with Crippen molar-refractivity contribution in [2.24, 2.45) is 0 Å². The highest BCUT2D eigenvalue weighted by Gasteiger charge is 1.99. The first kappa shape index (κ1) is 9.91. The molecule has 0 aliphatic rings. The van der Waals surface area contributed by atoms with E-state index in [1.807, 2.05) is 6.92 Å². The predicted molar refractivity (Wildman–Crippen MR) is 50.7 cm³/mol. The molecule has 0 bridgehead atoms. The zero-order valence-electron chi connectivity index (χ0n) is 7.15. The lowest BCUT2D eigenvalue weighted by molar-refractivity contribution is 0.289. The smallest absolute Gasteiger partial charge is 0.333 e. The number of nitrogens with one attached hydrogen (secondary N) is 1.